The van der Waals surface area contributed by atoms with Crippen LogP contribution in [0.5, 0.6) is 0 Å². The van der Waals surface area contributed by atoms with Crippen LogP contribution in [0.15, 0.2) is 6.07 Å². The van der Waals surface area contributed by atoms with Crippen molar-refractivity contribution in [1.82, 2.24) is 20.4 Å². The van der Waals surface area contributed by atoms with E-state index in [1.54, 1.807) is 0 Å². The normalized spacial score (nSPS) is 17.1. The molecule has 0 unspecified atom stereocenters. The van der Waals surface area contributed by atoms with Crippen molar-refractivity contribution in [2.75, 3.05) is 26.2 Å². The van der Waals surface area contributed by atoms with Crippen molar-refractivity contribution in [3.63, 3.8) is 0 Å². The van der Waals surface area contributed by atoms with Crippen LogP contribution in [-0.4, -0.2) is 47.2 Å². The zero-order valence-corrected chi connectivity index (χ0v) is 11.2. The van der Waals surface area contributed by atoms with Crippen molar-refractivity contribution in [3.8, 4) is 0 Å². The number of hydrogen-bond donors (Lipinski definition) is 2. The predicted octanol–water partition coefficient (Wildman–Crippen LogP) is 1.18. The van der Waals surface area contributed by atoms with E-state index in [1.165, 1.54) is 0 Å². The van der Waals surface area contributed by atoms with Gasteiger partial charge in [0.15, 0.2) is 0 Å². The van der Waals surface area contributed by atoms with E-state index in [0.717, 1.165) is 44.7 Å². The number of aryl methyl sites for hydroxylation is 1. The zero-order chi connectivity index (χ0) is 13.0. The Morgan fingerprint density at radius 1 is 1.56 bits per heavy atom. The molecule has 1 amide bonds. The van der Waals surface area contributed by atoms with Crippen molar-refractivity contribution in [3.05, 3.63) is 17.5 Å². The summed E-state index contributed by atoms with van der Waals surface area (Å²) in [4.78, 5) is 14.1. The van der Waals surface area contributed by atoms with Crippen LogP contribution in [0.1, 0.15) is 35.9 Å². The predicted molar refractivity (Wildman–Crippen MR) is 70.5 cm³/mol. The third-order valence-corrected chi connectivity index (χ3v) is 3.51. The number of carbonyl (C=O) groups excluding carboxylic acids is 1. The Balaban J connectivity index is 1.84. The van der Waals surface area contributed by atoms with Gasteiger partial charge in [0.05, 0.1) is 0 Å². The highest BCUT2D eigenvalue weighted by atomic mass is 16.2. The minimum atomic E-state index is 0.0567. The molecule has 0 atom stereocenters. The Bertz CT molecular complexity index is 393. The molecule has 1 aromatic rings. The van der Waals surface area contributed by atoms with Crippen LogP contribution in [-0.2, 0) is 0 Å². The molecule has 100 valence electrons. The average molecular weight is 250 g/mol. The molecule has 0 radical (unpaired) electrons. The molecule has 0 saturated carbocycles. The summed E-state index contributed by atoms with van der Waals surface area (Å²) >= 11 is 0. The first-order valence-corrected chi connectivity index (χ1v) is 6.72. The summed E-state index contributed by atoms with van der Waals surface area (Å²) in [6.07, 6.45) is 2.17. The summed E-state index contributed by atoms with van der Waals surface area (Å²) in [5.74, 6) is 0.760. The van der Waals surface area contributed by atoms with Gasteiger partial charge in [-0.25, -0.2) is 0 Å². The van der Waals surface area contributed by atoms with Gasteiger partial charge >= 0.3 is 0 Å². The molecular formula is C13H22N4O. The smallest absolute Gasteiger partial charge is 0.274 e. The van der Waals surface area contributed by atoms with Gasteiger partial charge in [0.1, 0.15) is 5.69 Å². The fourth-order valence-corrected chi connectivity index (χ4v) is 2.38. The lowest BCUT2D eigenvalue weighted by Crippen LogP contribution is -2.40. The first-order valence-electron chi connectivity index (χ1n) is 6.72. The molecule has 0 bridgehead atoms. The Morgan fingerprint density at radius 3 is 2.83 bits per heavy atom. The van der Waals surface area contributed by atoms with Crippen LogP contribution in [0.2, 0.25) is 0 Å². The van der Waals surface area contributed by atoms with Crippen LogP contribution in [0, 0.1) is 12.8 Å². The molecule has 5 nitrogen and oxygen atoms in total. The van der Waals surface area contributed by atoms with Crippen LogP contribution < -0.4 is 5.32 Å². The summed E-state index contributed by atoms with van der Waals surface area (Å²) < 4.78 is 0. The lowest BCUT2D eigenvalue weighted by molar-refractivity contribution is 0.0684. The molecule has 0 aromatic carbocycles. The van der Waals surface area contributed by atoms with Gasteiger partial charge in [0.2, 0.25) is 0 Å². The number of hydrogen-bond acceptors (Lipinski definition) is 3. The first-order chi connectivity index (χ1) is 8.70. The van der Waals surface area contributed by atoms with Crippen LogP contribution in [0.25, 0.3) is 0 Å². The highest BCUT2D eigenvalue weighted by molar-refractivity contribution is 5.92. The van der Waals surface area contributed by atoms with E-state index in [-0.39, 0.29) is 5.91 Å². The summed E-state index contributed by atoms with van der Waals surface area (Å²) in [6.45, 7) is 7.82. The van der Waals surface area contributed by atoms with Crippen LogP contribution in [0.3, 0.4) is 0 Å². The highest BCUT2D eigenvalue weighted by Crippen LogP contribution is 2.18. The molecule has 2 heterocycles. The molecule has 1 fully saturated rings. The highest BCUT2D eigenvalue weighted by Gasteiger charge is 2.24. The number of carbonyl (C=O) groups is 1. The fourth-order valence-electron chi connectivity index (χ4n) is 2.38. The Morgan fingerprint density at radius 2 is 2.28 bits per heavy atom. The van der Waals surface area contributed by atoms with E-state index >= 15 is 0 Å². The molecule has 0 spiro atoms. The monoisotopic (exact) mass is 250 g/mol. The second-order valence-corrected chi connectivity index (χ2v) is 4.98. The number of aromatic amines is 1. The number of nitrogens with one attached hydrogen (secondary N) is 2. The summed E-state index contributed by atoms with van der Waals surface area (Å²) in [5.41, 5.74) is 1.47. The average Bonchev–Trinajstić information content (AvgIpc) is 2.83. The van der Waals surface area contributed by atoms with E-state index < -0.39 is 0 Å². The topological polar surface area (TPSA) is 61.0 Å². The number of piperidine rings is 1. The number of nitrogens with zero attached hydrogens (tertiary/aromatic N) is 2. The van der Waals surface area contributed by atoms with Gasteiger partial charge in [-0.05, 0) is 44.8 Å². The quantitative estimate of drug-likeness (QED) is 0.843. The fraction of sp³-hybridized carbons (Fsp3) is 0.692. The van der Waals surface area contributed by atoms with Gasteiger partial charge in [-0.2, -0.15) is 5.10 Å². The zero-order valence-electron chi connectivity index (χ0n) is 11.2. The third kappa shape index (κ3) is 3.10. The molecule has 0 aliphatic carbocycles. The number of H-pyrrole nitrogens is 1. The Labute approximate surface area is 108 Å². The molecule has 1 aliphatic rings. The lowest BCUT2D eigenvalue weighted by atomic mass is 9.96. The van der Waals surface area contributed by atoms with Crippen molar-refractivity contribution < 1.29 is 4.79 Å². The maximum atomic E-state index is 12.2. The van der Waals surface area contributed by atoms with Gasteiger partial charge in [-0.15, -0.1) is 0 Å². The van der Waals surface area contributed by atoms with Gasteiger partial charge < -0.3 is 10.2 Å². The molecule has 1 aromatic heterocycles. The minimum absolute atomic E-state index is 0.0567. The summed E-state index contributed by atoms with van der Waals surface area (Å²) in [5, 5.41) is 10.2. The van der Waals surface area contributed by atoms with E-state index in [1.807, 2.05) is 17.9 Å². The molecular weight excluding hydrogens is 228 g/mol. The number of amides is 1. The second kappa shape index (κ2) is 6.00. The molecule has 5 heteroatoms. The summed E-state index contributed by atoms with van der Waals surface area (Å²) in [6, 6.07) is 1.81. The standard InChI is InChI=1S/C13H22N4O/c1-3-14-9-11-4-6-17(7-5-11)13(18)12-8-10(2)15-16-12/h8,11,14H,3-7,9H2,1-2H3,(H,15,16). The maximum Gasteiger partial charge on any atom is 0.274 e. The number of likely N-dealkylation sites (tertiary alicyclic amines) is 1. The summed E-state index contributed by atoms with van der Waals surface area (Å²) in [7, 11) is 0. The number of rotatable bonds is 4. The van der Waals surface area contributed by atoms with Gasteiger partial charge in [-0.3, -0.25) is 9.89 Å². The maximum absolute atomic E-state index is 12.2. The van der Waals surface area contributed by atoms with Crippen LogP contribution in [0.4, 0.5) is 0 Å². The van der Waals surface area contributed by atoms with Gasteiger partial charge in [0.25, 0.3) is 5.91 Å². The Hall–Kier alpha value is -1.36. The van der Waals surface area contributed by atoms with Gasteiger partial charge in [0, 0.05) is 18.8 Å². The van der Waals surface area contributed by atoms with Crippen molar-refractivity contribution in [2.45, 2.75) is 26.7 Å². The van der Waals surface area contributed by atoms with Crippen LogP contribution >= 0.6 is 0 Å². The molecule has 2 N–H and O–H groups in total. The van der Waals surface area contributed by atoms with E-state index in [9.17, 15) is 4.79 Å². The second-order valence-electron chi connectivity index (χ2n) is 4.98. The molecule has 1 saturated heterocycles. The van der Waals surface area contributed by atoms with Crippen molar-refractivity contribution >= 4 is 5.91 Å². The number of aromatic nitrogens is 2. The molecule has 18 heavy (non-hydrogen) atoms. The minimum Gasteiger partial charge on any atom is -0.337 e. The van der Waals surface area contributed by atoms with E-state index in [2.05, 4.69) is 22.4 Å². The first kappa shape index (κ1) is 13.1. The third-order valence-electron chi connectivity index (χ3n) is 3.51. The lowest BCUT2D eigenvalue weighted by Gasteiger charge is -2.31. The van der Waals surface area contributed by atoms with E-state index in [4.69, 9.17) is 0 Å². The van der Waals surface area contributed by atoms with Gasteiger partial charge in [-0.1, -0.05) is 6.92 Å². The van der Waals surface area contributed by atoms with Crippen molar-refractivity contribution in [1.29, 1.82) is 0 Å². The molecule has 1 aliphatic heterocycles. The largest absolute Gasteiger partial charge is 0.337 e. The molecule has 2 rings (SSSR count). The van der Waals surface area contributed by atoms with Crippen molar-refractivity contribution in [2.24, 2.45) is 5.92 Å². The Kier molecular flexibility index (Phi) is 4.36. The van der Waals surface area contributed by atoms with E-state index in [0.29, 0.717) is 11.6 Å². The SMILES string of the molecule is CCNCC1CCN(C(=O)c2cc(C)[nH]n2)CC1.